The Hall–Kier alpha value is -2.35. The molecule has 0 aliphatic carbocycles. The molecule has 0 bridgehead atoms. The van der Waals surface area contributed by atoms with Gasteiger partial charge in [0.15, 0.2) is 0 Å². The molecule has 0 spiro atoms. The lowest BCUT2D eigenvalue weighted by Crippen LogP contribution is -2.29. The van der Waals surface area contributed by atoms with Crippen molar-refractivity contribution < 1.29 is 27.4 Å². The molecule has 1 aliphatic rings. The van der Waals surface area contributed by atoms with Crippen LogP contribution in [0.15, 0.2) is 42.5 Å². The van der Waals surface area contributed by atoms with E-state index in [0.717, 1.165) is 6.07 Å². The van der Waals surface area contributed by atoms with E-state index < -0.39 is 17.1 Å². The van der Waals surface area contributed by atoms with Crippen molar-refractivity contribution in [3.05, 3.63) is 59.2 Å². The fourth-order valence-corrected chi connectivity index (χ4v) is 4.34. The molecule has 1 unspecified atom stereocenters. The van der Waals surface area contributed by atoms with Crippen molar-refractivity contribution in [3.8, 4) is 11.5 Å². The van der Waals surface area contributed by atoms with Crippen molar-refractivity contribution in [2.24, 2.45) is 0 Å². The fraction of sp³-hybridized carbons (Fsp3) is 0.316. The first kappa shape index (κ1) is 19.4. The number of methoxy groups -OCH3 is 2. The molecule has 144 valence electrons. The molecule has 1 fully saturated rings. The molecule has 0 aromatic heterocycles. The van der Waals surface area contributed by atoms with Crippen LogP contribution in [0, 0.1) is 0 Å². The molecule has 1 aliphatic heterocycles. The third-order valence-electron chi connectivity index (χ3n) is 4.34. The van der Waals surface area contributed by atoms with Crippen molar-refractivity contribution in [3.63, 3.8) is 0 Å². The van der Waals surface area contributed by atoms with Crippen LogP contribution in [0.1, 0.15) is 22.1 Å². The van der Waals surface area contributed by atoms with Gasteiger partial charge in [0.25, 0.3) is 0 Å². The van der Waals surface area contributed by atoms with E-state index >= 15 is 0 Å². The first-order valence-electron chi connectivity index (χ1n) is 8.14. The third-order valence-corrected chi connectivity index (χ3v) is 5.56. The number of hydrogen-bond acceptors (Lipinski definition) is 4. The number of halogens is 3. The van der Waals surface area contributed by atoms with Gasteiger partial charge in [0.05, 0.1) is 31.1 Å². The van der Waals surface area contributed by atoms with E-state index in [0.29, 0.717) is 17.1 Å². The van der Waals surface area contributed by atoms with Crippen LogP contribution in [0.4, 0.5) is 13.2 Å². The highest BCUT2D eigenvalue weighted by Gasteiger charge is 2.39. The summed E-state index contributed by atoms with van der Waals surface area (Å²) < 4.78 is 50.8. The van der Waals surface area contributed by atoms with Crippen LogP contribution in [0.3, 0.4) is 0 Å². The van der Waals surface area contributed by atoms with Gasteiger partial charge in [0.1, 0.15) is 16.9 Å². The highest BCUT2D eigenvalue weighted by molar-refractivity contribution is 8.00. The summed E-state index contributed by atoms with van der Waals surface area (Å²) in [6, 6.07) is 10.5. The van der Waals surface area contributed by atoms with Crippen LogP contribution in [0.5, 0.6) is 11.5 Å². The van der Waals surface area contributed by atoms with Gasteiger partial charge in [-0.25, -0.2) is 0 Å². The Morgan fingerprint density at radius 2 is 1.70 bits per heavy atom. The largest absolute Gasteiger partial charge is 0.496 e. The molecule has 2 aromatic rings. The van der Waals surface area contributed by atoms with Gasteiger partial charge in [-0.1, -0.05) is 24.3 Å². The molecule has 2 aromatic carbocycles. The van der Waals surface area contributed by atoms with Gasteiger partial charge in [0, 0.05) is 6.54 Å². The Kier molecular flexibility index (Phi) is 5.55. The van der Waals surface area contributed by atoms with Crippen LogP contribution in [-0.4, -0.2) is 30.8 Å². The van der Waals surface area contributed by atoms with Gasteiger partial charge < -0.3 is 14.4 Å². The molecular weight excluding hydrogens is 379 g/mol. The van der Waals surface area contributed by atoms with Crippen LogP contribution < -0.4 is 9.47 Å². The Morgan fingerprint density at radius 1 is 1.07 bits per heavy atom. The fourth-order valence-electron chi connectivity index (χ4n) is 3.11. The molecule has 0 N–H and O–H groups in total. The lowest BCUT2D eigenvalue weighted by atomic mass is 10.1. The first-order chi connectivity index (χ1) is 12.9. The molecular formula is C19H18F3NO3S. The molecule has 0 saturated carbocycles. The number of ether oxygens (including phenoxy) is 2. The molecule has 0 radical (unpaired) electrons. The van der Waals surface area contributed by atoms with E-state index in [2.05, 4.69) is 0 Å². The molecule has 1 atom stereocenters. The molecule has 4 nitrogen and oxygen atoms in total. The summed E-state index contributed by atoms with van der Waals surface area (Å²) in [6.07, 6.45) is -4.48. The maximum atomic E-state index is 13.3. The first-order valence-corrected chi connectivity index (χ1v) is 9.18. The predicted molar refractivity (Wildman–Crippen MR) is 96.7 cm³/mol. The lowest BCUT2D eigenvalue weighted by Gasteiger charge is -2.27. The lowest BCUT2D eigenvalue weighted by molar-refractivity contribution is -0.139. The average molecular weight is 397 g/mol. The SMILES string of the molecule is COc1cccc(OC)c1C1SCC(=O)N1Cc1ccccc1C(F)(F)F. The van der Waals surface area contributed by atoms with E-state index in [1.807, 2.05) is 0 Å². The minimum absolute atomic E-state index is 0.0553. The van der Waals surface area contributed by atoms with Gasteiger partial charge in [-0.2, -0.15) is 13.2 Å². The Labute approximate surface area is 159 Å². The maximum absolute atomic E-state index is 13.3. The second-order valence-corrected chi connectivity index (χ2v) is 6.98. The smallest absolute Gasteiger partial charge is 0.416 e. The number of rotatable bonds is 5. The number of carbonyl (C=O) groups excluding carboxylic acids is 1. The van der Waals surface area contributed by atoms with Crippen molar-refractivity contribution in [1.82, 2.24) is 4.90 Å². The number of benzene rings is 2. The van der Waals surface area contributed by atoms with E-state index in [4.69, 9.17) is 9.47 Å². The molecule has 8 heteroatoms. The Morgan fingerprint density at radius 3 is 2.30 bits per heavy atom. The highest BCUT2D eigenvalue weighted by Crippen LogP contribution is 2.47. The van der Waals surface area contributed by atoms with Crippen molar-refractivity contribution in [2.75, 3.05) is 20.0 Å². The van der Waals surface area contributed by atoms with E-state index in [9.17, 15) is 18.0 Å². The summed E-state index contributed by atoms with van der Waals surface area (Å²) in [7, 11) is 3.01. The number of amides is 1. The zero-order valence-electron chi connectivity index (χ0n) is 14.7. The number of nitrogens with zero attached hydrogens (tertiary/aromatic N) is 1. The average Bonchev–Trinajstić information content (AvgIpc) is 3.00. The van der Waals surface area contributed by atoms with Gasteiger partial charge >= 0.3 is 6.18 Å². The molecule has 3 rings (SSSR count). The summed E-state index contributed by atoms with van der Waals surface area (Å²) in [5.74, 6) is 1.00. The van der Waals surface area contributed by atoms with Crippen molar-refractivity contribution in [1.29, 1.82) is 0 Å². The normalized spacial score (nSPS) is 17.3. The minimum Gasteiger partial charge on any atom is -0.496 e. The zero-order valence-corrected chi connectivity index (χ0v) is 15.6. The predicted octanol–water partition coefficient (Wildman–Crippen LogP) is 4.50. The molecule has 1 heterocycles. The Balaban J connectivity index is 2.01. The number of thioether (sulfide) groups is 1. The summed E-state index contributed by atoms with van der Waals surface area (Å²) in [6.45, 7) is -0.145. The number of carbonyl (C=O) groups is 1. The summed E-state index contributed by atoms with van der Waals surface area (Å²) >= 11 is 1.34. The van der Waals surface area contributed by atoms with Crippen molar-refractivity contribution in [2.45, 2.75) is 18.1 Å². The number of hydrogen-bond donors (Lipinski definition) is 0. The summed E-state index contributed by atoms with van der Waals surface area (Å²) in [5.41, 5.74) is -0.0389. The third kappa shape index (κ3) is 3.85. The topological polar surface area (TPSA) is 38.8 Å². The zero-order chi connectivity index (χ0) is 19.6. The van der Waals surface area contributed by atoms with Crippen LogP contribution in [-0.2, 0) is 17.5 Å². The van der Waals surface area contributed by atoms with Gasteiger partial charge in [-0.15, -0.1) is 11.8 Å². The van der Waals surface area contributed by atoms with Crippen LogP contribution in [0.2, 0.25) is 0 Å². The maximum Gasteiger partial charge on any atom is 0.416 e. The van der Waals surface area contributed by atoms with Gasteiger partial charge in [-0.3, -0.25) is 4.79 Å². The van der Waals surface area contributed by atoms with Gasteiger partial charge in [0.2, 0.25) is 5.91 Å². The van der Waals surface area contributed by atoms with E-state index in [1.165, 1.54) is 49.1 Å². The standard InChI is InChI=1S/C19H18F3NO3S/c1-25-14-8-5-9-15(26-2)17(14)18-23(16(24)11-27-18)10-12-6-3-4-7-13(12)19(20,21)22/h3-9,18H,10-11H2,1-2H3. The van der Waals surface area contributed by atoms with Crippen molar-refractivity contribution >= 4 is 17.7 Å². The minimum atomic E-state index is -4.48. The highest BCUT2D eigenvalue weighted by atomic mass is 32.2. The summed E-state index contributed by atoms with van der Waals surface area (Å²) in [4.78, 5) is 13.9. The molecule has 1 amide bonds. The van der Waals surface area contributed by atoms with Crippen LogP contribution >= 0.6 is 11.8 Å². The van der Waals surface area contributed by atoms with E-state index in [-0.39, 0.29) is 23.8 Å². The second kappa shape index (κ2) is 7.72. The number of alkyl halides is 3. The second-order valence-electron chi connectivity index (χ2n) is 5.92. The monoisotopic (exact) mass is 397 g/mol. The Bertz CT molecular complexity index is 819. The molecule has 27 heavy (non-hydrogen) atoms. The van der Waals surface area contributed by atoms with Gasteiger partial charge in [-0.05, 0) is 23.8 Å². The molecule has 1 saturated heterocycles. The van der Waals surface area contributed by atoms with Crippen LogP contribution in [0.25, 0.3) is 0 Å². The van der Waals surface area contributed by atoms with E-state index in [1.54, 1.807) is 18.2 Å². The summed E-state index contributed by atoms with van der Waals surface area (Å²) in [5, 5.41) is -0.495. The quantitative estimate of drug-likeness (QED) is 0.745.